The molecule has 22 heavy (non-hydrogen) atoms. The molecule has 8 heteroatoms. The van der Waals surface area contributed by atoms with Gasteiger partial charge in [0.1, 0.15) is 0 Å². The lowest BCUT2D eigenvalue weighted by Crippen LogP contribution is -2.34. The van der Waals surface area contributed by atoms with Crippen LogP contribution in [0.4, 0.5) is 5.69 Å². The highest BCUT2D eigenvalue weighted by Gasteiger charge is 2.36. The number of anilines is 1. The molecule has 118 valence electrons. The molecule has 3 N–H and O–H groups in total. The van der Waals surface area contributed by atoms with E-state index in [-0.39, 0.29) is 5.89 Å². The number of nitrogens with zero attached hydrogens (tertiary/aromatic N) is 2. The SMILES string of the molecule is CS(=O)(=O)Nc1ccccc1-c1nc(C2(N)CCCC2)no1. The average molecular weight is 322 g/mol. The van der Waals surface area contributed by atoms with E-state index in [0.29, 0.717) is 17.1 Å². The van der Waals surface area contributed by atoms with Gasteiger partial charge in [-0.15, -0.1) is 0 Å². The van der Waals surface area contributed by atoms with E-state index in [1.54, 1.807) is 24.3 Å². The van der Waals surface area contributed by atoms with Crippen molar-refractivity contribution in [2.45, 2.75) is 31.2 Å². The number of nitrogens with one attached hydrogen (secondary N) is 1. The van der Waals surface area contributed by atoms with Crippen LogP contribution < -0.4 is 10.5 Å². The molecule has 1 saturated carbocycles. The summed E-state index contributed by atoms with van der Waals surface area (Å²) in [6.45, 7) is 0. The number of rotatable bonds is 4. The van der Waals surface area contributed by atoms with Gasteiger partial charge in [0.15, 0.2) is 5.82 Å². The topological polar surface area (TPSA) is 111 Å². The molecule has 0 bridgehead atoms. The van der Waals surface area contributed by atoms with Crippen molar-refractivity contribution in [1.82, 2.24) is 10.1 Å². The third-order valence-corrected chi connectivity index (χ3v) is 4.41. The van der Waals surface area contributed by atoms with Crippen LogP contribution in [-0.4, -0.2) is 24.8 Å². The highest BCUT2D eigenvalue weighted by atomic mass is 32.2. The molecule has 1 fully saturated rings. The van der Waals surface area contributed by atoms with Crippen molar-refractivity contribution in [3.05, 3.63) is 30.1 Å². The number of nitrogens with two attached hydrogens (primary N) is 1. The van der Waals surface area contributed by atoms with Gasteiger partial charge >= 0.3 is 0 Å². The molecule has 3 rings (SSSR count). The lowest BCUT2D eigenvalue weighted by Gasteiger charge is -2.17. The highest BCUT2D eigenvalue weighted by Crippen LogP contribution is 2.36. The van der Waals surface area contributed by atoms with Crippen LogP contribution in [0.25, 0.3) is 11.5 Å². The zero-order chi connectivity index (χ0) is 15.8. The summed E-state index contributed by atoms with van der Waals surface area (Å²) in [4.78, 5) is 4.39. The quantitative estimate of drug-likeness (QED) is 0.888. The number of benzene rings is 1. The molecule has 0 atom stereocenters. The fourth-order valence-electron chi connectivity index (χ4n) is 2.72. The highest BCUT2D eigenvalue weighted by molar-refractivity contribution is 7.92. The molecule has 2 aromatic rings. The summed E-state index contributed by atoms with van der Waals surface area (Å²) in [5.41, 5.74) is 6.71. The molecular weight excluding hydrogens is 304 g/mol. The van der Waals surface area contributed by atoms with Crippen LogP contribution >= 0.6 is 0 Å². The summed E-state index contributed by atoms with van der Waals surface area (Å²) in [5, 5.41) is 4.00. The fraction of sp³-hybridized carbons (Fsp3) is 0.429. The van der Waals surface area contributed by atoms with E-state index >= 15 is 0 Å². The molecule has 0 radical (unpaired) electrons. The first-order valence-electron chi connectivity index (χ1n) is 7.08. The first-order valence-corrected chi connectivity index (χ1v) is 8.97. The molecule has 0 amide bonds. The zero-order valence-electron chi connectivity index (χ0n) is 12.2. The van der Waals surface area contributed by atoms with Gasteiger partial charge in [-0.05, 0) is 25.0 Å². The predicted octanol–water partition coefficient (Wildman–Crippen LogP) is 1.84. The minimum atomic E-state index is -3.39. The van der Waals surface area contributed by atoms with E-state index in [1.807, 2.05) is 0 Å². The molecule has 1 aliphatic carbocycles. The largest absolute Gasteiger partial charge is 0.334 e. The van der Waals surface area contributed by atoms with Gasteiger partial charge in [0.2, 0.25) is 10.0 Å². The Balaban J connectivity index is 1.97. The van der Waals surface area contributed by atoms with Crippen LogP contribution in [0.3, 0.4) is 0 Å². The van der Waals surface area contributed by atoms with E-state index in [2.05, 4.69) is 14.9 Å². The summed E-state index contributed by atoms with van der Waals surface area (Å²) >= 11 is 0. The maximum Gasteiger partial charge on any atom is 0.260 e. The van der Waals surface area contributed by atoms with Crippen LogP contribution in [0.15, 0.2) is 28.8 Å². The first kappa shape index (κ1) is 15.0. The van der Waals surface area contributed by atoms with Crippen LogP contribution in [0, 0.1) is 0 Å². The third kappa shape index (κ3) is 2.97. The lowest BCUT2D eigenvalue weighted by atomic mass is 9.98. The van der Waals surface area contributed by atoms with Crippen LogP contribution in [0.2, 0.25) is 0 Å². The van der Waals surface area contributed by atoms with E-state index < -0.39 is 15.6 Å². The van der Waals surface area contributed by atoms with Gasteiger partial charge in [0.05, 0.1) is 23.0 Å². The van der Waals surface area contributed by atoms with Crippen molar-refractivity contribution >= 4 is 15.7 Å². The number of para-hydroxylation sites is 1. The van der Waals surface area contributed by atoms with Gasteiger partial charge in [-0.25, -0.2) is 8.42 Å². The molecule has 1 aromatic heterocycles. The summed E-state index contributed by atoms with van der Waals surface area (Å²) < 4.78 is 30.7. The average Bonchev–Trinajstić information content (AvgIpc) is 3.07. The molecule has 1 heterocycles. The Bertz CT molecular complexity index is 779. The minimum Gasteiger partial charge on any atom is -0.334 e. The van der Waals surface area contributed by atoms with Crippen molar-refractivity contribution in [1.29, 1.82) is 0 Å². The van der Waals surface area contributed by atoms with Crippen molar-refractivity contribution in [2.75, 3.05) is 11.0 Å². The van der Waals surface area contributed by atoms with Gasteiger partial charge in [0, 0.05) is 0 Å². The second kappa shape index (κ2) is 5.36. The second-order valence-electron chi connectivity index (χ2n) is 5.71. The molecule has 0 unspecified atom stereocenters. The Morgan fingerprint density at radius 2 is 1.95 bits per heavy atom. The van der Waals surface area contributed by atoms with Gasteiger partial charge in [-0.3, -0.25) is 4.72 Å². The van der Waals surface area contributed by atoms with Crippen LogP contribution in [-0.2, 0) is 15.6 Å². The molecule has 1 aliphatic rings. The Morgan fingerprint density at radius 1 is 1.27 bits per heavy atom. The lowest BCUT2D eigenvalue weighted by molar-refractivity contribution is 0.373. The van der Waals surface area contributed by atoms with Crippen LogP contribution in [0.1, 0.15) is 31.5 Å². The normalized spacial score (nSPS) is 17.5. The van der Waals surface area contributed by atoms with Crippen molar-refractivity contribution in [3.63, 3.8) is 0 Å². The number of hydrogen-bond acceptors (Lipinski definition) is 6. The summed E-state index contributed by atoms with van der Waals surface area (Å²) in [6, 6.07) is 6.88. The summed E-state index contributed by atoms with van der Waals surface area (Å²) in [6.07, 6.45) is 4.85. The Labute approximate surface area is 129 Å². The second-order valence-corrected chi connectivity index (χ2v) is 7.45. The Morgan fingerprint density at radius 3 is 2.64 bits per heavy atom. The smallest absolute Gasteiger partial charge is 0.260 e. The first-order chi connectivity index (χ1) is 10.4. The van der Waals surface area contributed by atoms with Gasteiger partial charge in [-0.2, -0.15) is 4.98 Å². The summed E-state index contributed by atoms with van der Waals surface area (Å²) in [7, 11) is -3.39. The maximum absolute atomic E-state index is 11.5. The van der Waals surface area contributed by atoms with Gasteiger partial charge < -0.3 is 10.3 Å². The molecule has 1 aromatic carbocycles. The zero-order valence-corrected chi connectivity index (χ0v) is 13.1. The van der Waals surface area contributed by atoms with Crippen LogP contribution in [0.5, 0.6) is 0 Å². The molecule has 0 spiro atoms. The molecule has 0 aliphatic heterocycles. The van der Waals surface area contributed by atoms with Crippen molar-refractivity contribution < 1.29 is 12.9 Å². The van der Waals surface area contributed by atoms with E-state index in [9.17, 15) is 8.42 Å². The Hall–Kier alpha value is -1.93. The van der Waals surface area contributed by atoms with E-state index in [4.69, 9.17) is 10.3 Å². The number of sulfonamides is 1. The Kier molecular flexibility index (Phi) is 3.65. The summed E-state index contributed by atoms with van der Waals surface area (Å²) in [5.74, 6) is 0.743. The predicted molar refractivity (Wildman–Crippen MR) is 82.5 cm³/mol. The van der Waals surface area contributed by atoms with E-state index in [1.165, 1.54) is 0 Å². The third-order valence-electron chi connectivity index (χ3n) is 3.82. The standard InChI is InChI=1S/C14H18N4O3S/c1-22(19,20)18-11-7-3-2-6-10(11)12-16-13(17-21-12)14(15)8-4-5-9-14/h2-3,6-7,18H,4-5,8-9,15H2,1H3. The maximum atomic E-state index is 11.5. The minimum absolute atomic E-state index is 0.262. The van der Waals surface area contributed by atoms with E-state index in [0.717, 1.165) is 31.9 Å². The van der Waals surface area contributed by atoms with Crippen molar-refractivity contribution in [3.8, 4) is 11.5 Å². The molecular formula is C14H18N4O3S. The number of aromatic nitrogens is 2. The fourth-order valence-corrected chi connectivity index (χ4v) is 3.30. The monoisotopic (exact) mass is 322 g/mol. The molecule has 7 nitrogen and oxygen atoms in total. The van der Waals surface area contributed by atoms with Gasteiger partial charge in [0.25, 0.3) is 5.89 Å². The van der Waals surface area contributed by atoms with Crippen molar-refractivity contribution in [2.24, 2.45) is 5.73 Å². The number of hydrogen-bond donors (Lipinski definition) is 2. The van der Waals surface area contributed by atoms with Gasteiger partial charge in [-0.1, -0.05) is 30.1 Å². The molecule has 0 saturated heterocycles.